The Morgan fingerprint density at radius 2 is 1.65 bits per heavy atom. The molecular formula is C29H33O16P. The number of carbonyl (C=O) groups is 1. The van der Waals surface area contributed by atoms with Gasteiger partial charge in [-0.05, 0) is 47.9 Å². The van der Waals surface area contributed by atoms with Crippen molar-refractivity contribution in [3.05, 3.63) is 41.0 Å². The second kappa shape index (κ2) is 11.8. The van der Waals surface area contributed by atoms with Crippen LogP contribution in [0.15, 0.2) is 24.3 Å². The molecule has 7 rings (SSSR count). The second-order valence-corrected chi connectivity index (χ2v) is 12.1. The maximum absolute atomic E-state index is 13.9. The molecule has 250 valence electrons. The highest BCUT2D eigenvalue weighted by Gasteiger charge is 2.56. The molecule has 2 aromatic rings. The number of methoxy groups -OCH3 is 2. The van der Waals surface area contributed by atoms with Crippen molar-refractivity contribution < 1.29 is 87.5 Å². The average Bonchev–Trinajstić information content (AvgIpc) is 3.64. The third kappa shape index (κ3) is 5.37. The highest BCUT2D eigenvalue weighted by molar-refractivity contribution is 7.46. The summed E-state index contributed by atoms with van der Waals surface area (Å²) < 4.78 is 132. The van der Waals surface area contributed by atoms with E-state index in [9.17, 15) is 32.1 Å². The van der Waals surface area contributed by atoms with Gasteiger partial charge >= 0.3 is 13.8 Å². The van der Waals surface area contributed by atoms with E-state index < -0.39 is 118 Å². The van der Waals surface area contributed by atoms with E-state index in [1.165, 1.54) is 12.1 Å². The zero-order valence-electron chi connectivity index (χ0n) is 31.7. The Morgan fingerprint density at radius 1 is 0.957 bits per heavy atom. The molecule has 3 saturated heterocycles. The number of benzene rings is 2. The second-order valence-electron chi connectivity index (χ2n) is 11.0. The molecule has 0 bridgehead atoms. The zero-order chi connectivity index (χ0) is 39.3. The summed E-state index contributed by atoms with van der Waals surface area (Å²) in [5.74, 6) is -11.4. The minimum Gasteiger partial charge on any atom is -0.493 e. The molecule has 0 unspecified atom stereocenters. The highest BCUT2D eigenvalue weighted by Crippen LogP contribution is 2.57. The molecule has 0 spiro atoms. The molecule has 4 aliphatic heterocycles. The lowest BCUT2D eigenvalue weighted by Crippen LogP contribution is -2.63. The molecule has 3 fully saturated rings. The van der Waals surface area contributed by atoms with Crippen molar-refractivity contribution in [2.24, 2.45) is 11.8 Å². The largest absolute Gasteiger partial charge is 0.525 e. The Kier molecular flexibility index (Phi) is 5.95. The lowest BCUT2D eigenvalue weighted by molar-refractivity contribution is -0.364. The maximum Gasteiger partial charge on any atom is 0.525 e. The van der Waals surface area contributed by atoms with Crippen LogP contribution in [0.25, 0.3) is 0 Å². The van der Waals surface area contributed by atoms with Crippen LogP contribution in [0.4, 0.5) is 0 Å². The molecule has 4 N–H and O–H groups in total. The van der Waals surface area contributed by atoms with Crippen LogP contribution in [0.2, 0.25) is 0 Å². The number of rotatable bonds is 7. The van der Waals surface area contributed by atoms with Crippen LogP contribution in [0.1, 0.15) is 46.6 Å². The Hall–Kier alpha value is -3.18. The minimum atomic E-state index is -5.59. The number of aliphatic hydroxyl groups excluding tert-OH is 2. The summed E-state index contributed by atoms with van der Waals surface area (Å²) in [6.45, 7) is 0.681. The molecule has 16 nitrogen and oxygen atoms in total. The summed E-state index contributed by atoms with van der Waals surface area (Å²) in [7, 11) is -12.3. The first-order chi connectivity index (χ1) is 25.0. The number of cyclic esters (lactones) is 1. The standard InChI is InChI=1S/C29H33O16P/c1-11-38-9-20-27(42-11)23(30)24(31)29(43-20)44-25-14-7-17-16(40-10-41-17)6-13(14)21(22-15(25)8-39-28(22)32)12-4-18(36-2)26(19(5-12)37-3)45-46(33,34)35/h4-7,11,15,20-25,27,29-31H,8-10H2,1-3H3,(H2,33,34,35)/t11-,15+,20-,21-,22+,23-,24-,25-,27-,29+/m1/s1/i2D3,3D3,21D,22D. The summed E-state index contributed by atoms with van der Waals surface area (Å²) in [6, 6.07) is 4.09. The van der Waals surface area contributed by atoms with Crippen molar-refractivity contribution in [2.75, 3.05) is 34.1 Å². The number of hydrogen-bond donors (Lipinski definition) is 4. The fourth-order valence-electron chi connectivity index (χ4n) is 6.29. The Balaban J connectivity index is 1.43. The quantitative estimate of drug-likeness (QED) is 0.239. The normalized spacial score (nSPS) is 40.9. The summed E-state index contributed by atoms with van der Waals surface area (Å²) in [6.07, 6.45) is -9.00. The molecule has 4 heterocycles. The van der Waals surface area contributed by atoms with Crippen LogP contribution in [0.3, 0.4) is 0 Å². The number of ether oxygens (including phenoxy) is 9. The molecule has 10 atom stereocenters. The fourth-order valence-corrected chi connectivity index (χ4v) is 6.71. The topological polar surface area (TPSA) is 207 Å². The highest BCUT2D eigenvalue weighted by atomic mass is 31.2. The first-order valence-electron chi connectivity index (χ1n) is 17.9. The summed E-state index contributed by atoms with van der Waals surface area (Å²) in [5.41, 5.74) is -0.772. The Bertz CT molecular complexity index is 1840. The summed E-state index contributed by atoms with van der Waals surface area (Å²) >= 11 is 0. The van der Waals surface area contributed by atoms with E-state index in [1.54, 1.807) is 6.92 Å². The zero-order valence-corrected chi connectivity index (χ0v) is 24.6. The van der Waals surface area contributed by atoms with Gasteiger partial charge in [-0.2, -0.15) is 0 Å². The third-order valence-corrected chi connectivity index (χ3v) is 8.67. The van der Waals surface area contributed by atoms with Crippen LogP contribution in [0.5, 0.6) is 28.7 Å². The van der Waals surface area contributed by atoms with Crippen LogP contribution >= 0.6 is 7.82 Å². The van der Waals surface area contributed by atoms with Crippen molar-refractivity contribution in [2.45, 2.75) is 55.9 Å². The van der Waals surface area contributed by atoms with Gasteiger partial charge in [0.05, 0.1) is 47.5 Å². The van der Waals surface area contributed by atoms with Gasteiger partial charge in [0.15, 0.2) is 35.6 Å². The maximum atomic E-state index is 13.9. The molecule has 0 radical (unpaired) electrons. The monoisotopic (exact) mass is 676 g/mol. The molecule has 0 amide bonds. The van der Waals surface area contributed by atoms with E-state index >= 15 is 0 Å². The number of esters is 1. The summed E-state index contributed by atoms with van der Waals surface area (Å²) in [4.78, 5) is 33.2. The van der Waals surface area contributed by atoms with E-state index in [0.717, 1.165) is 12.1 Å². The van der Waals surface area contributed by atoms with Crippen molar-refractivity contribution in [3.63, 3.8) is 0 Å². The van der Waals surface area contributed by atoms with Gasteiger partial charge < -0.3 is 57.4 Å². The van der Waals surface area contributed by atoms with E-state index in [-0.39, 0.29) is 36.0 Å². The molecule has 5 aliphatic rings. The number of hydrogen-bond acceptors (Lipinski definition) is 14. The first kappa shape index (κ1) is 23.2. The minimum absolute atomic E-state index is 0.0229. The lowest BCUT2D eigenvalue weighted by atomic mass is 9.66. The van der Waals surface area contributed by atoms with Gasteiger partial charge in [0.25, 0.3) is 0 Å². The predicted molar refractivity (Wildman–Crippen MR) is 149 cm³/mol. The fraction of sp³-hybridized carbons (Fsp3) is 0.552. The molecule has 0 aromatic heterocycles. The number of carbonyl (C=O) groups excluding carboxylic acids is 1. The van der Waals surface area contributed by atoms with Gasteiger partial charge in [-0.25, -0.2) is 4.57 Å². The van der Waals surface area contributed by atoms with Crippen LogP contribution < -0.4 is 23.5 Å². The Morgan fingerprint density at radius 3 is 2.33 bits per heavy atom. The summed E-state index contributed by atoms with van der Waals surface area (Å²) in [5, 5.41) is 22.1. The van der Waals surface area contributed by atoms with Crippen molar-refractivity contribution >= 4 is 13.8 Å². The lowest BCUT2D eigenvalue weighted by Gasteiger charge is -2.47. The van der Waals surface area contributed by atoms with Crippen LogP contribution in [-0.4, -0.2) is 97.0 Å². The van der Waals surface area contributed by atoms with Crippen molar-refractivity contribution in [1.29, 1.82) is 0 Å². The van der Waals surface area contributed by atoms with E-state index in [2.05, 4.69) is 4.52 Å². The average molecular weight is 677 g/mol. The molecular weight excluding hydrogens is 635 g/mol. The van der Waals surface area contributed by atoms with Gasteiger partial charge in [0.2, 0.25) is 12.5 Å². The molecule has 0 saturated carbocycles. The molecule has 46 heavy (non-hydrogen) atoms. The van der Waals surface area contributed by atoms with Crippen LogP contribution in [-0.2, 0) is 33.0 Å². The SMILES string of the molecule is [2H]C([2H])([2H])Oc1cc([C@]2([2H])c3cc4c(cc3[C@@H](O[C@@H]3O[C@@H]5CO[C@@H](C)O[C@H]5[C@H](O)[C@H]3O)[C@H]3COC(=O)[C@@]32[2H])OCO4)cc(OC([2H])([2H])[2H])c1OP(=O)(O)O. The van der Waals surface area contributed by atoms with Crippen LogP contribution in [0, 0.1) is 11.8 Å². The number of phosphoric ester groups is 1. The van der Waals surface area contributed by atoms with Gasteiger partial charge in [0, 0.05) is 14.6 Å². The van der Waals surface area contributed by atoms with E-state index in [4.69, 9.17) is 50.9 Å². The number of phosphoric acid groups is 1. The predicted octanol–water partition coefficient (Wildman–Crippen LogP) is 1.10. The van der Waals surface area contributed by atoms with Crippen molar-refractivity contribution in [1.82, 2.24) is 0 Å². The number of aliphatic hydroxyl groups is 2. The van der Waals surface area contributed by atoms with Gasteiger partial charge in [-0.15, -0.1) is 0 Å². The first-order valence-corrected chi connectivity index (χ1v) is 15.4. The molecule has 1 aliphatic carbocycles. The number of fused-ring (bicyclic) bond motifs is 4. The molecule has 17 heteroatoms. The smallest absolute Gasteiger partial charge is 0.493 e. The van der Waals surface area contributed by atoms with E-state index in [1.807, 2.05) is 0 Å². The van der Waals surface area contributed by atoms with E-state index in [0.29, 0.717) is 0 Å². The van der Waals surface area contributed by atoms with Crippen molar-refractivity contribution in [3.8, 4) is 28.7 Å². The van der Waals surface area contributed by atoms with Gasteiger partial charge in [-0.3, -0.25) is 14.6 Å². The molecule has 2 aromatic carbocycles. The third-order valence-electron chi connectivity index (χ3n) is 8.25. The van der Waals surface area contributed by atoms with Gasteiger partial charge in [-0.1, -0.05) is 0 Å². The van der Waals surface area contributed by atoms with Gasteiger partial charge in [0.1, 0.15) is 24.4 Å². The Labute approximate surface area is 273 Å².